The van der Waals surface area contributed by atoms with Crippen molar-refractivity contribution in [1.82, 2.24) is 0 Å². The first-order valence-electron chi connectivity index (χ1n) is 6.74. The third-order valence-corrected chi connectivity index (χ3v) is 4.04. The van der Waals surface area contributed by atoms with Gasteiger partial charge < -0.3 is 10.5 Å². The summed E-state index contributed by atoms with van der Waals surface area (Å²) in [6.45, 7) is 0. The Balaban J connectivity index is 1.67. The topological polar surface area (TPSA) is 35.2 Å². The average Bonchev–Trinajstić information content (AvgIpc) is 2.41. The molecule has 2 N–H and O–H groups in total. The summed E-state index contributed by atoms with van der Waals surface area (Å²) in [6, 6.07) is 17.0. The second kappa shape index (κ2) is 5.06. The normalized spacial score (nSPS) is 18.3. The molecule has 1 aliphatic rings. The van der Waals surface area contributed by atoms with Crippen LogP contribution in [0.3, 0.4) is 0 Å². The number of benzene rings is 2. The number of hydrogen-bond donors (Lipinski definition) is 1. The van der Waals surface area contributed by atoms with E-state index in [9.17, 15) is 0 Å². The highest BCUT2D eigenvalue weighted by Gasteiger charge is 2.30. The van der Waals surface area contributed by atoms with E-state index in [0.29, 0.717) is 5.92 Å². The zero-order valence-electron chi connectivity index (χ0n) is 11.2. The maximum Gasteiger partial charge on any atom is 0.118 e. The van der Waals surface area contributed by atoms with Crippen LogP contribution in [0.4, 0.5) is 0 Å². The number of fused-ring (bicyclic) bond motifs is 1. The minimum atomic E-state index is 0.197. The monoisotopic (exact) mass is 253 g/mol. The Morgan fingerprint density at radius 2 is 1.89 bits per heavy atom. The predicted molar refractivity (Wildman–Crippen MR) is 77.6 cm³/mol. The highest BCUT2D eigenvalue weighted by atomic mass is 16.5. The van der Waals surface area contributed by atoms with Crippen molar-refractivity contribution in [3.05, 3.63) is 65.2 Å². The second-order valence-corrected chi connectivity index (χ2v) is 5.23. The van der Waals surface area contributed by atoms with Crippen molar-refractivity contribution < 1.29 is 4.74 Å². The van der Waals surface area contributed by atoms with Crippen LogP contribution in [0.15, 0.2) is 48.5 Å². The van der Waals surface area contributed by atoms with Gasteiger partial charge in [-0.1, -0.05) is 36.4 Å². The molecule has 2 nitrogen and oxygen atoms in total. The maximum absolute atomic E-state index is 6.37. The quantitative estimate of drug-likeness (QED) is 0.909. The Hall–Kier alpha value is -1.80. The lowest BCUT2D eigenvalue weighted by atomic mass is 9.72. The number of ether oxygens (including phenoxy) is 1. The molecule has 3 rings (SSSR count). The third kappa shape index (κ3) is 2.36. The van der Waals surface area contributed by atoms with Gasteiger partial charge in [0.15, 0.2) is 0 Å². The van der Waals surface area contributed by atoms with Crippen LogP contribution in [0.25, 0.3) is 0 Å². The highest BCUT2D eigenvalue weighted by molar-refractivity contribution is 5.41. The summed E-state index contributed by atoms with van der Waals surface area (Å²) in [4.78, 5) is 0. The van der Waals surface area contributed by atoms with E-state index in [1.54, 1.807) is 7.11 Å². The molecule has 2 aromatic carbocycles. The summed E-state index contributed by atoms with van der Waals surface area (Å²) in [7, 11) is 1.69. The molecule has 0 heterocycles. The Morgan fingerprint density at radius 1 is 1.16 bits per heavy atom. The van der Waals surface area contributed by atoms with Gasteiger partial charge in [-0.05, 0) is 41.7 Å². The Morgan fingerprint density at radius 3 is 2.58 bits per heavy atom. The minimum absolute atomic E-state index is 0.197. The fourth-order valence-electron chi connectivity index (χ4n) is 2.86. The largest absolute Gasteiger partial charge is 0.497 e. The van der Waals surface area contributed by atoms with E-state index in [-0.39, 0.29) is 6.04 Å². The van der Waals surface area contributed by atoms with E-state index in [0.717, 1.165) is 18.6 Å². The first-order valence-corrected chi connectivity index (χ1v) is 6.74. The van der Waals surface area contributed by atoms with Crippen LogP contribution in [-0.2, 0) is 12.8 Å². The molecular weight excluding hydrogens is 234 g/mol. The molecule has 0 saturated heterocycles. The van der Waals surface area contributed by atoms with Crippen molar-refractivity contribution in [3.63, 3.8) is 0 Å². The first-order chi connectivity index (χ1) is 9.28. The molecule has 0 saturated carbocycles. The fourth-order valence-corrected chi connectivity index (χ4v) is 2.86. The molecule has 0 aliphatic heterocycles. The lowest BCUT2D eigenvalue weighted by Gasteiger charge is -2.34. The molecule has 19 heavy (non-hydrogen) atoms. The van der Waals surface area contributed by atoms with Crippen LogP contribution in [0, 0.1) is 0 Å². The van der Waals surface area contributed by atoms with Crippen LogP contribution in [0.5, 0.6) is 5.75 Å². The van der Waals surface area contributed by atoms with Crippen molar-refractivity contribution in [2.45, 2.75) is 24.8 Å². The molecule has 0 amide bonds. The molecule has 2 atom stereocenters. The van der Waals surface area contributed by atoms with Crippen LogP contribution in [0.1, 0.15) is 22.6 Å². The zero-order chi connectivity index (χ0) is 13.2. The van der Waals surface area contributed by atoms with E-state index in [1.165, 1.54) is 16.7 Å². The van der Waals surface area contributed by atoms with E-state index in [1.807, 2.05) is 12.1 Å². The highest BCUT2D eigenvalue weighted by Crippen LogP contribution is 2.37. The number of rotatable bonds is 4. The standard InChI is InChI=1S/C17H19NO/c1-19-14-8-6-12(7-9-14)10-17(18)16-11-13-4-2-3-5-15(13)16/h2-9,16-17H,10-11,18H2,1H3. The van der Waals surface area contributed by atoms with Crippen LogP contribution in [-0.4, -0.2) is 13.2 Å². The van der Waals surface area contributed by atoms with Crippen molar-refractivity contribution in [1.29, 1.82) is 0 Å². The summed E-state index contributed by atoms with van der Waals surface area (Å²) in [5.74, 6) is 1.41. The summed E-state index contributed by atoms with van der Waals surface area (Å²) >= 11 is 0. The summed E-state index contributed by atoms with van der Waals surface area (Å²) in [5, 5.41) is 0. The van der Waals surface area contributed by atoms with Crippen molar-refractivity contribution in [3.8, 4) is 5.75 Å². The fraction of sp³-hybridized carbons (Fsp3) is 0.294. The van der Waals surface area contributed by atoms with Gasteiger partial charge in [0.1, 0.15) is 5.75 Å². The Bertz CT molecular complexity index is 562. The van der Waals surface area contributed by atoms with Crippen LogP contribution >= 0.6 is 0 Å². The molecule has 0 radical (unpaired) electrons. The molecule has 2 aromatic rings. The first kappa shape index (κ1) is 12.2. The molecule has 98 valence electrons. The molecule has 0 fully saturated rings. The van der Waals surface area contributed by atoms with Gasteiger partial charge in [-0.2, -0.15) is 0 Å². The molecule has 0 spiro atoms. The third-order valence-electron chi connectivity index (χ3n) is 4.04. The number of hydrogen-bond acceptors (Lipinski definition) is 2. The van der Waals surface area contributed by atoms with Gasteiger partial charge in [-0.3, -0.25) is 0 Å². The van der Waals surface area contributed by atoms with Gasteiger partial charge in [-0.15, -0.1) is 0 Å². The summed E-state index contributed by atoms with van der Waals surface area (Å²) in [6.07, 6.45) is 2.04. The lowest BCUT2D eigenvalue weighted by molar-refractivity contribution is 0.414. The maximum atomic E-state index is 6.37. The SMILES string of the molecule is COc1ccc(CC(N)C2Cc3ccccc32)cc1. The smallest absolute Gasteiger partial charge is 0.118 e. The van der Waals surface area contributed by atoms with Crippen molar-refractivity contribution >= 4 is 0 Å². The molecular formula is C17H19NO. The molecule has 0 bridgehead atoms. The number of nitrogens with two attached hydrogens (primary N) is 1. The Labute approximate surface area is 114 Å². The van der Waals surface area contributed by atoms with Crippen LogP contribution in [0.2, 0.25) is 0 Å². The molecule has 2 unspecified atom stereocenters. The second-order valence-electron chi connectivity index (χ2n) is 5.23. The predicted octanol–water partition coefficient (Wildman–Crippen LogP) is 2.90. The van der Waals surface area contributed by atoms with Gasteiger partial charge in [0.2, 0.25) is 0 Å². The van der Waals surface area contributed by atoms with Gasteiger partial charge in [0.05, 0.1) is 7.11 Å². The van der Waals surface area contributed by atoms with Crippen molar-refractivity contribution in [2.75, 3.05) is 7.11 Å². The Kier molecular flexibility index (Phi) is 3.26. The van der Waals surface area contributed by atoms with E-state index in [4.69, 9.17) is 10.5 Å². The summed E-state index contributed by atoms with van der Waals surface area (Å²) in [5.41, 5.74) is 10.5. The molecule has 0 aromatic heterocycles. The van der Waals surface area contributed by atoms with Gasteiger partial charge in [0, 0.05) is 12.0 Å². The summed E-state index contributed by atoms with van der Waals surface area (Å²) < 4.78 is 5.17. The zero-order valence-corrected chi connectivity index (χ0v) is 11.2. The van der Waals surface area contributed by atoms with E-state index in [2.05, 4.69) is 36.4 Å². The van der Waals surface area contributed by atoms with Gasteiger partial charge >= 0.3 is 0 Å². The minimum Gasteiger partial charge on any atom is -0.497 e. The molecule has 2 heteroatoms. The van der Waals surface area contributed by atoms with Crippen molar-refractivity contribution in [2.24, 2.45) is 5.73 Å². The lowest BCUT2D eigenvalue weighted by Crippen LogP contribution is -2.37. The van der Waals surface area contributed by atoms with Crippen LogP contribution < -0.4 is 10.5 Å². The van der Waals surface area contributed by atoms with Gasteiger partial charge in [-0.25, -0.2) is 0 Å². The van der Waals surface area contributed by atoms with Gasteiger partial charge in [0.25, 0.3) is 0 Å². The number of methoxy groups -OCH3 is 1. The van der Waals surface area contributed by atoms with E-state index >= 15 is 0 Å². The average molecular weight is 253 g/mol. The van der Waals surface area contributed by atoms with E-state index < -0.39 is 0 Å². The molecule has 1 aliphatic carbocycles.